The summed E-state index contributed by atoms with van der Waals surface area (Å²) in [7, 11) is 1.66. The Bertz CT molecular complexity index is 933. The summed E-state index contributed by atoms with van der Waals surface area (Å²) >= 11 is 0. The molecule has 0 atom stereocenters. The number of aryl methyl sites for hydroxylation is 1. The first kappa shape index (κ1) is 16.3. The molecule has 3 rings (SSSR count). The summed E-state index contributed by atoms with van der Waals surface area (Å²) in [5.41, 5.74) is 4.61. The Balaban J connectivity index is 2.24. The van der Waals surface area contributed by atoms with Crippen LogP contribution in [0.3, 0.4) is 0 Å². The zero-order valence-electron chi connectivity index (χ0n) is 14.9. The summed E-state index contributed by atoms with van der Waals surface area (Å²) in [4.78, 5) is 4.67. The molecule has 2 heterocycles. The van der Waals surface area contributed by atoms with E-state index in [1.807, 2.05) is 28.8 Å². The van der Waals surface area contributed by atoms with Crippen molar-refractivity contribution in [3.05, 3.63) is 47.3 Å². The minimum Gasteiger partial charge on any atom is -0.497 e. The van der Waals surface area contributed by atoms with Crippen molar-refractivity contribution in [2.24, 2.45) is 5.92 Å². The molecule has 0 radical (unpaired) electrons. The van der Waals surface area contributed by atoms with Crippen LogP contribution in [-0.2, 0) is 6.54 Å². The van der Waals surface area contributed by atoms with Gasteiger partial charge in [-0.25, -0.2) is 4.98 Å². The number of fused-ring (bicyclic) bond motifs is 1. The third kappa shape index (κ3) is 2.60. The van der Waals surface area contributed by atoms with Gasteiger partial charge in [-0.3, -0.25) is 9.98 Å². The largest absolute Gasteiger partial charge is 0.497 e. The van der Waals surface area contributed by atoms with E-state index in [0.29, 0.717) is 11.4 Å². The second-order valence-electron chi connectivity index (χ2n) is 6.58. The highest BCUT2D eigenvalue weighted by Gasteiger charge is 2.16. The minimum absolute atomic E-state index is 0.475. The smallest absolute Gasteiger partial charge is 0.150 e. The molecule has 0 bridgehead atoms. The lowest BCUT2D eigenvalue weighted by molar-refractivity contribution is 0.415. The molecule has 126 valence electrons. The van der Waals surface area contributed by atoms with E-state index in [0.717, 1.165) is 40.3 Å². The van der Waals surface area contributed by atoms with E-state index in [2.05, 4.69) is 37.2 Å². The molecule has 0 amide bonds. The number of hydrogen-bond acceptors (Lipinski definition) is 3. The maximum Gasteiger partial charge on any atom is 0.150 e. The van der Waals surface area contributed by atoms with Crippen LogP contribution in [0.4, 0.5) is 0 Å². The van der Waals surface area contributed by atoms with Crippen LogP contribution in [0.5, 0.6) is 5.75 Å². The molecule has 0 spiro atoms. The van der Waals surface area contributed by atoms with E-state index >= 15 is 0 Å². The number of methoxy groups -OCH3 is 1. The van der Waals surface area contributed by atoms with Crippen LogP contribution >= 0.6 is 0 Å². The molecule has 24 heavy (non-hydrogen) atoms. The number of hydrogen-bond donors (Lipinski definition) is 1. The highest BCUT2D eigenvalue weighted by atomic mass is 16.5. The molecule has 0 unspecified atom stereocenters. The highest BCUT2D eigenvalue weighted by molar-refractivity contribution is 5.82. The van der Waals surface area contributed by atoms with Crippen LogP contribution in [0.1, 0.15) is 25.1 Å². The Labute approximate surface area is 142 Å². The van der Waals surface area contributed by atoms with Crippen molar-refractivity contribution in [3.8, 4) is 11.4 Å². The molecule has 0 aliphatic carbocycles. The molecule has 5 nitrogen and oxygen atoms in total. The lowest BCUT2D eigenvalue weighted by Gasteiger charge is -2.11. The Kier molecular flexibility index (Phi) is 4.18. The van der Waals surface area contributed by atoms with Gasteiger partial charge in [-0.15, -0.1) is 0 Å². The molecule has 2 aromatic heterocycles. The zero-order chi connectivity index (χ0) is 17.4. The summed E-state index contributed by atoms with van der Waals surface area (Å²) in [5, 5.41) is 9.52. The van der Waals surface area contributed by atoms with Gasteiger partial charge in [0.2, 0.25) is 0 Å². The van der Waals surface area contributed by atoms with Crippen LogP contribution in [0.15, 0.2) is 30.6 Å². The highest BCUT2D eigenvalue weighted by Crippen LogP contribution is 2.26. The normalized spacial score (nSPS) is 11.4. The second kappa shape index (κ2) is 6.15. The first-order chi connectivity index (χ1) is 11.4. The summed E-state index contributed by atoms with van der Waals surface area (Å²) in [5.74, 6) is 1.30. The molecule has 0 saturated carbocycles. The monoisotopic (exact) mass is 324 g/mol. The predicted octanol–water partition coefficient (Wildman–Crippen LogP) is 3.59. The summed E-state index contributed by atoms with van der Waals surface area (Å²) in [6.45, 7) is 9.24. The standard InChI is InChI=1S/C19H24N4O/c1-12(2)10-22-11-21-19-17(18(22)20)13(3)14(4)23(19)15-6-8-16(24-5)9-7-15/h6-9,11-12,20H,10H2,1-5H3. The van der Waals surface area contributed by atoms with Crippen molar-refractivity contribution in [2.45, 2.75) is 34.2 Å². The summed E-state index contributed by atoms with van der Waals surface area (Å²) in [6.07, 6.45) is 1.78. The third-order valence-electron chi connectivity index (χ3n) is 4.42. The molecule has 5 heteroatoms. The van der Waals surface area contributed by atoms with Crippen LogP contribution in [0, 0.1) is 25.2 Å². The summed E-state index contributed by atoms with van der Waals surface area (Å²) < 4.78 is 9.28. The fourth-order valence-electron chi connectivity index (χ4n) is 3.10. The van der Waals surface area contributed by atoms with Gasteiger partial charge >= 0.3 is 0 Å². The molecular weight excluding hydrogens is 300 g/mol. The van der Waals surface area contributed by atoms with Crippen molar-refractivity contribution in [1.82, 2.24) is 14.1 Å². The lowest BCUT2D eigenvalue weighted by Crippen LogP contribution is -2.23. The van der Waals surface area contributed by atoms with E-state index in [1.165, 1.54) is 0 Å². The van der Waals surface area contributed by atoms with Crippen molar-refractivity contribution >= 4 is 11.0 Å². The average Bonchev–Trinajstić information content (AvgIpc) is 2.82. The van der Waals surface area contributed by atoms with E-state index in [4.69, 9.17) is 10.1 Å². The molecular formula is C19H24N4O. The quantitative estimate of drug-likeness (QED) is 0.797. The molecule has 0 saturated heterocycles. The topological polar surface area (TPSA) is 55.8 Å². The number of ether oxygens (including phenoxy) is 1. The first-order valence-electron chi connectivity index (χ1n) is 8.20. The van der Waals surface area contributed by atoms with Crippen LogP contribution in [0.2, 0.25) is 0 Å². The number of rotatable bonds is 4. The average molecular weight is 324 g/mol. The van der Waals surface area contributed by atoms with Crippen molar-refractivity contribution in [3.63, 3.8) is 0 Å². The summed E-state index contributed by atoms with van der Waals surface area (Å²) in [6, 6.07) is 7.93. The van der Waals surface area contributed by atoms with Gasteiger partial charge in [0.1, 0.15) is 16.9 Å². The number of aromatic nitrogens is 3. The molecule has 0 fully saturated rings. The van der Waals surface area contributed by atoms with Gasteiger partial charge in [-0.1, -0.05) is 13.8 Å². The van der Waals surface area contributed by atoms with Gasteiger partial charge < -0.3 is 9.30 Å². The Morgan fingerprint density at radius 2 is 1.83 bits per heavy atom. The van der Waals surface area contributed by atoms with Gasteiger partial charge in [-0.2, -0.15) is 0 Å². The minimum atomic E-state index is 0.475. The van der Waals surface area contributed by atoms with Crippen molar-refractivity contribution in [1.29, 1.82) is 5.41 Å². The third-order valence-corrected chi connectivity index (χ3v) is 4.42. The van der Waals surface area contributed by atoms with E-state index in [-0.39, 0.29) is 0 Å². The Morgan fingerprint density at radius 1 is 1.17 bits per heavy atom. The Morgan fingerprint density at radius 3 is 2.42 bits per heavy atom. The molecule has 0 aliphatic rings. The van der Waals surface area contributed by atoms with Gasteiger partial charge in [0.15, 0.2) is 0 Å². The van der Waals surface area contributed by atoms with Crippen LogP contribution < -0.4 is 10.2 Å². The van der Waals surface area contributed by atoms with Gasteiger partial charge in [0, 0.05) is 17.9 Å². The molecule has 1 aromatic carbocycles. The van der Waals surface area contributed by atoms with Crippen molar-refractivity contribution < 1.29 is 4.74 Å². The molecule has 1 N–H and O–H groups in total. The molecule has 3 aromatic rings. The second-order valence-corrected chi connectivity index (χ2v) is 6.58. The molecule has 0 aliphatic heterocycles. The van der Waals surface area contributed by atoms with Crippen LogP contribution in [-0.4, -0.2) is 21.2 Å². The van der Waals surface area contributed by atoms with Gasteiger partial charge in [0.25, 0.3) is 0 Å². The lowest BCUT2D eigenvalue weighted by atomic mass is 10.2. The fourth-order valence-corrected chi connectivity index (χ4v) is 3.10. The Hall–Kier alpha value is -2.56. The zero-order valence-corrected chi connectivity index (χ0v) is 14.9. The van der Waals surface area contributed by atoms with E-state index < -0.39 is 0 Å². The number of benzene rings is 1. The van der Waals surface area contributed by atoms with Crippen molar-refractivity contribution in [2.75, 3.05) is 7.11 Å². The first-order valence-corrected chi connectivity index (χ1v) is 8.20. The number of nitrogens with zero attached hydrogens (tertiary/aromatic N) is 3. The maximum atomic E-state index is 8.60. The van der Waals surface area contributed by atoms with Gasteiger partial charge in [-0.05, 0) is 49.6 Å². The number of nitrogens with one attached hydrogen (secondary N) is 1. The van der Waals surface area contributed by atoms with E-state index in [9.17, 15) is 0 Å². The SMILES string of the molecule is COc1ccc(-n2c(C)c(C)c3c(=N)n(CC(C)C)cnc32)cc1. The van der Waals surface area contributed by atoms with Crippen LogP contribution in [0.25, 0.3) is 16.7 Å². The predicted molar refractivity (Wildman–Crippen MR) is 95.8 cm³/mol. The maximum absolute atomic E-state index is 8.60. The van der Waals surface area contributed by atoms with E-state index in [1.54, 1.807) is 13.4 Å². The van der Waals surface area contributed by atoms with Gasteiger partial charge in [0.05, 0.1) is 18.8 Å². The fraction of sp³-hybridized carbons (Fsp3) is 0.368.